The molecule has 2 aliphatic carbocycles. The summed E-state index contributed by atoms with van der Waals surface area (Å²) in [6, 6.07) is 6.81. The van der Waals surface area contributed by atoms with Crippen LogP contribution in [-0.2, 0) is 12.8 Å². The Labute approximate surface area is 127 Å². The highest BCUT2D eigenvalue weighted by molar-refractivity contribution is 5.38. The van der Waals surface area contributed by atoms with E-state index >= 15 is 0 Å². The number of hydrogen-bond donors (Lipinski definition) is 2. The Bertz CT molecular complexity index is 496. The van der Waals surface area contributed by atoms with Gasteiger partial charge in [0.1, 0.15) is 12.4 Å². The monoisotopic (exact) mass is 289 g/mol. The number of aryl methyl sites for hydroxylation is 2. The first-order chi connectivity index (χ1) is 10.1. The zero-order chi connectivity index (χ0) is 14.9. The molecule has 0 amide bonds. The average molecular weight is 289 g/mol. The third-order valence-electron chi connectivity index (χ3n) is 4.78. The summed E-state index contributed by atoms with van der Waals surface area (Å²) in [5, 5.41) is 13.5. The van der Waals surface area contributed by atoms with Gasteiger partial charge in [-0.3, -0.25) is 0 Å². The van der Waals surface area contributed by atoms with Crippen LogP contribution < -0.4 is 10.1 Å². The van der Waals surface area contributed by atoms with Crippen LogP contribution in [0.4, 0.5) is 0 Å². The van der Waals surface area contributed by atoms with Gasteiger partial charge in [-0.1, -0.05) is 19.9 Å². The van der Waals surface area contributed by atoms with E-state index in [0.29, 0.717) is 18.6 Å². The van der Waals surface area contributed by atoms with E-state index in [1.54, 1.807) is 0 Å². The molecule has 3 rings (SSSR count). The van der Waals surface area contributed by atoms with Gasteiger partial charge in [0.2, 0.25) is 0 Å². The Morgan fingerprint density at radius 2 is 2.05 bits per heavy atom. The van der Waals surface area contributed by atoms with Crippen LogP contribution in [0.15, 0.2) is 18.2 Å². The van der Waals surface area contributed by atoms with E-state index < -0.39 is 0 Å². The lowest BCUT2D eigenvalue weighted by atomic mass is 9.94. The van der Waals surface area contributed by atoms with Gasteiger partial charge in [-0.2, -0.15) is 0 Å². The zero-order valence-electron chi connectivity index (χ0n) is 13.2. The zero-order valence-corrected chi connectivity index (χ0v) is 13.2. The number of aliphatic hydroxyl groups excluding tert-OH is 1. The fourth-order valence-corrected chi connectivity index (χ4v) is 3.56. The summed E-state index contributed by atoms with van der Waals surface area (Å²) >= 11 is 0. The standard InChI is InChI=1S/C18H27NO2/c1-13(2)19-18(11-20,16-7-8-16)12-21-17-9-6-14-4-3-5-15(14)10-17/h6,9-10,13,16,19-20H,3-5,7-8,11-12H2,1-2H3. The van der Waals surface area contributed by atoms with Gasteiger partial charge in [-0.25, -0.2) is 0 Å². The number of nitrogens with one attached hydrogen (secondary N) is 1. The lowest BCUT2D eigenvalue weighted by Gasteiger charge is -2.35. The molecule has 0 aromatic heterocycles. The summed E-state index contributed by atoms with van der Waals surface area (Å²) in [5.41, 5.74) is 2.62. The maximum Gasteiger partial charge on any atom is 0.119 e. The first-order valence-corrected chi connectivity index (χ1v) is 8.26. The van der Waals surface area contributed by atoms with E-state index in [-0.39, 0.29) is 12.1 Å². The van der Waals surface area contributed by atoms with Crippen LogP contribution in [-0.4, -0.2) is 29.9 Å². The number of benzene rings is 1. The van der Waals surface area contributed by atoms with Crippen molar-refractivity contribution in [1.29, 1.82) is 0 Å². The van der Waals surface area contributed by atoms with Gasteiger partial charge in [0, 0.05) is 6.04 Å². The second-order valence-corrected chi connectivity index (χ2v) is 6.96. The van der Waals surface area contributed by atoms with Gasteiger partial charge in [0.25, 0.3) is 0 Å². The molecule has 0 saturated heterocycles. The molecule has 1 aromatic carbocycles. The molecule has 3 nitrogen and oxygen atoms in total. The number of hydrogen-bond acceptors (Lipinski definition) is 3. The van der Waals surface area contributed by atoms with Gasteiger partial charge in [0.05, 0.1) is 12.1 Å². The fraction of sp³-hybridized carbons (Fsp3) is 0.667. The lowest BCUT2D eigenvalue weighted by Crippen LogP contribution is -2.57. The van der Waals surface area contributed by atoms with Crippen molar-refractivity contribution >= 4 is 0 Å². The van der Waals surface area contributed by atoms with Crippen molar-refractivity contribution in [2.45, 2.75) is 57.5 Å². The molecule has 21 heavy (non-hydrogen) atoms. The Morgan fingerprint density at radius 3 is 2.71 bits per heavy atom. The molecular formula is C18H27NO2. The van der Waals surface area contributed by atoms with E-state index in [1.807, 2.05) is 0 Å². The molecular weight excluding hydrogens is 262 g/mol. The maximum absolute atomic E-state index is 9.93. The van der Waals surface area contributed by atoms with Gasteiger partial charge < -0.3 is 15.2 Å². The molecule has 1 fully saturated rings. The van der Waals surface area contributed by atoms with E-state index in [1.165, 1.54) is 43.2 Å². The van der Waals surface area contributed by atoms with Crippen LogP contribution in [0.5, 0.6) is 5.75 Å². The van der Waals surface area contributed by atoms with Crippen LogP contribution in [0.25, 0.3) is 0 Å². The first-order valence-electron chi connectivity index (χ1n) is 8.26. The summed E-state index contributed by atoms with van der Waals surface area (Å²) in [7, 11) is 0. The minimum Gasteiger partial charge on any atom is -0.492 e. The molecule has 0 bridgehead atoms. The lowest BCUT2D eigenvalue weighted by molar-refractivity contribution is 0.0778. The molecule has 1 unspecified atom stereocenters. The summed E-state index contributed by atoms with van der Waals surface area (Å²) < 4.78 is 6.07. The van der Waals surface area contributed by atoms with E-state index in [0.717, 1.165) is 5.75 Å². The van der Waals surface area contributed by atoms with Crippen molar-refractivity contribution in [3.63, 3.8) is 0 Å². The van der Waals surface area contributed by atoms with E-state index in [9.17, 15) is 5.11 Å². The van der Waals surface area contributed by atoms with Crippen molar-refractivity contribution in [2.75, 3.05) is 13.2 Å². The smallest absolute Gasteiger partial charge is 0.119 e. The maximum atomic E-state index is 9.93. The molecule has 1 atom stereocenters. The Kier molecular flexibility index (Phi) is 4.23. The van der Waals surface area contributed by atoms with Crippen molar-refractivity contribution in [3.8, 4) is 5.75 Å². The summed E-state index contributed by atoms with van der Waals surface area (Å²) in [4.78, 5) is 0. The largest absolute Gasteiger partial charge is 0.492 e. The van der Waals surface area contributed by atoms with Gasteiger partial charge in [-0.15, -0.1) is 0 Å². The van der Waals surface area contributed by atoms with Crippen LogP contribution in [0.1, 0.15) is 44.2 Å². The minimum atomic E-state index is -0.285. The van der Waals surface area contributed by atoms with Crippen LogP contribution >= 0.6 is 0 Å². The van der Waals surface area contributed by atoms with E-state index in [2.05, 4.69) is 37.4 Å². The molecule has 0 aliphatic heterocycles. The third kappa shape index (κ3) is 3.24. The van der Waals surface area contributed by atoms with Crippen LogP contribution in [0.2, 0.25) is 0 Å². The quantitative estimate of drug-likeness (QED) is 0.811. The number of fused-ring (bicyclic) bond motifs is 1. The normalized spacial score (nSPS) is 20.4. The Balaban J connectivity index is 1.69. The predicted molar refractivity (Wildman–Crippen MR) is 84.8 cm³/mol. The molecule has 2 N–H and O–H groups in total. The molecule has 0 radical (unpaired) electrons. The molecule has 0 heterocycles. The van der Waals surface area contributed by atoms with Crippen molar-refractivity contribution < 1.29 is 9.84 Å². The number of aliphatic hydroxyl groups is 1. The summed E-state index contributed by atoms with van der Waals surface area (Å²) in [6.45, 7) is 4.94. The predicted octanol–water partition coefficient (Wildman–Crippen LogP) is 2.69. The summed E-state index contributed by atoms with van der Waals surface area (Å²) in [6.07, 6.45) is 6.01. The third-order valence-corrected chi connectivity index (χ3v) is 4.78. The highest BCUT2D eigenvalue weighted by Crippen LogP contribution is 2.40. The average Bonchev–Trinajstić information content (AvgIpc) is 3.22. The van der Waals surface area contributed by atoms with Gasteiger partial charge in [0.15, 0.2) is 0 Å². The van der Waals surface area contributed by atoms with Crippen molar-refractivity contribution in [3.05, 3.63) is 29.3 Å². The van der Waals surface area contributed by atoms with Crippen LogP contribution in [0.3, 0.4) is 0 Å². The molecule has 116 valence electrons. The van der Waals surface area contributed by atoms with E-state index in [4.69, 9.17) is 4.74 Å². The fourth-order valence-electron chi connectivity index (χ4n) is 3.56. The number of rotatable bonds is 7. The summed E-state index contributed by atoms with van der Waals surface area (Å²) in [5.74, 6) is 1.49. The molecule has 1 aromatic rings. The molecule has 3 heteroatoms. The first kappa shape index (κ1) is 14.9. The Morgan fingerprint density at radius 1 is 1.29 bits per heavy atom. The van der Waals surface area contributed by atoms with Crippen LogP contribution in [0, 0.1) is 5.92 Å². The van der Waals surface area contributed by atoms with Gasteiger partial charge >= 0.3 is 0 Å². The Hall–Kier alpha value is -1.06. The number of ether oxygens (including phenoxy) is 1. The second-order valence-electron chi connectivity index (χ2n) is 6.96. The topological polar surface area (TPSA) is 41.5 Å². The molecule has 1 saturated carbocycles. The second kappa shape index (κ2) is 5.98. The molecule has 2 aliphatic rings. The highest BCUT2D eigenvalue weighted by Gasteiger charge is 2.45. The van der Waals surface area contributed by atoms with Gasteiger partial charge in [-0.05, 0) is 61.3 Å². The van der Waals surface area contributed by atoms with Crippen molar-refractivity contribution in [2.24, 2.45) is 5.92 Å². The van der Waals surface area contributed by atoms with Crippen molar-refractivity contribution in [1.82, 2.24) is 5.32 Å². The molecule has 0 spiro atoms. The SMILES string of the molecule is CC(C)NC(CO)(COc1ccc2c(c1)CCC2)C1CC1. The highest BCUT2D eigenvalue weighted by atomic mass is 16.5. The minimum absolute atomic E-state index is 0.140.